The Hall–Kier alpha value is -2.68. The molecule has 3 N–H and O–H groups in total. The van der Waals surface area contributed by atoms with Gasteiger partial charge in [-0.3, -0.25) is 0 Å². The van der Waals surface area contributed by atoms with Crippen molar-refractivity contribution in [2.45, 2.75) is 6.92 Å². The van der Waals surface area contributed by atoms with Crippen molar-refractivity contribution in [1.82, 2.24) is 9.97 Å². The first kappa shape index (κ1) is 20.6. The maximum Gasteiger partial charge on any atom is 0.189 e. The van der Waals surface area contributed by atoms with Crippen molar-refractivity contribution >= 4 is 56.6 Å². The number of nitrogens with one attached hydrogen (secondary N) is 1. The van der Waals surface area contributed by atoms with Crippen LogP contribution in [0.3, 0.4) is 0 Å². The standard InChI is InChI=1S/C21H19ClFN5S2/c1-11-15(22)8-12(9-16(11)23)17-10-29-20(26-17)18-19(24)27-21(30-18)25-13-4-6-14(7-5-13)28(2)3/h4-10H,24H2,1-3H3,(H,25,27). The van der Waals surface area contributed by atoms with Crippen LogP contribution in [0, 0.1) is 12.7 Å². The first-order valence-corrected chi connectivity index (χ1v) is 11.1. The molecule has 0 amide bonds. The second kappa shape index (κ2) is 8.22. The van der Waals surface area contributed by atoms with Gasteiger partial charge >= 0.3 is 0 Å². The summed E-state index contributed by atoms with van der Waals surface area (Å²) in [6, 6.07) is 11.2. The number of rotatable bonds is 5. The Morgan fingerprint density at radius 3 is 2.53 bits per heavy atom. The van der Waals surface area contributed by atoms with Crippen LogP contribution in [0.2, 0.25) is 5.02 Å². The minimum atomic E-state index is -0.351. The van der Waals surface area contributed by atoms with Crippen LogP contribution in [-0.4, -0.2) is 24.1 Å². The maximum absolute atomic E-state index is 14.1. The summed E-state index contributed by atoms with van der Waals surface area (Å²) in [5.74, 6) is 0.0533. The van der Waals surface area contributed by atoms with Gasteiger partial charge in [0.25, 0.3) is 0 Å². The molecule has 4 rings (SSSR count). The van der Waals surface area contributed by atoms with Crippen LogP contribution in [0.15, 0.2) is 41.8 Å². The van der Waals surface area contributed by atoms with Crippen LogP contribution in [0.25, 0.3) is 21.1 Å². The van der Waals surface area contributed by atoms with E-state index in [9.17, 15) is 4.39 Å². The summed E-state index contributed by atoms with van der Waals surface area (Å²) in [7, 11) is 3.99. The number of halogens is 2. The summed E-state index contributed by atoms with van der Waals surface area (Å²) in [5.41, 5.74) is 9.89. The Kier molecular flexibility index (Phi) is 5.64. The predicted molar refractivity (Wildman–Crippen MR) is 127 cm³/mol. The fraction of sp³-hybridized carbons (Fsp3) is 0.143. The lowest BCUT2D eigenvalue weighted by molar-refractivity contribution is 0.619. The van der Waals surface area contributed by atoms with Crippen molar-refractivity contribution in [2.75, 3.05) is 30.0 Å². The van der Waals surface area contributed by atoms with Gasteiger partial charge in [-0.1, -0.05) is 22.9 Å². The molecule has 2 heterocycles. The van der Waals surface area contributed by atoms with Crippen molar-refractivity contribution in [3.05, 3.63) is 58.2 Å². The van der Waals surface area contributed by atoms with E-state index in [1.54, 1.807) is 13.0 Å². The van der Waals surface area contributed by atoms with Gasteiger partial charge in [0.1, 0.15) is 21.5 Å². The highest BCUT2D eigenvalue weighted by atomic mass is 35.5. The molecular weight excluding hydrogens is 441 g/mol. The molecule has 0 aliphatic carbocycles. The molecule has 0 saturated heterocycles. The molecule has 0 radical (unpaired) electrons. The molecule has 2 aromatic heterocycles. The number of thiazole rings is 2. The molecule has 2 aromatic carbocycles. The molecule has 0 saturated carbocycles. The smallest absolute Gasteiger partial charge is 0.189 e. The first-order valence-electron chi connectivity index (χ1n) is 9.04. The Morgan fingerprint density at radius 1 is 1.13 bits per heavy atom. The van der Waals surface area contributed by atoms with Gasteiger partial charge in [0.15, 0.2) is 5.13 Å². The first-order chi connectivity index (χ1) is 14.3. The van der Waals surface area contributed by atoms with E-state index in [4.69, 9.17) is 17.3 Å². The molecule has 154 valence electrons. The van der Waals surface area contributed by atoms with E-state index in [2.05, 4.69) is 15.3 Å². The molecular formula is C21H19ClFN5S2. The van der Waals surface area contributed by atoms with E-state index < -0.39 is 0 Å². The van der Waals surface area contributed by atoms with E-state index in [1.807, 2.05) is 48.6 Å². The SMILES string of the molecule is Cc1c(F)cc(-c2csc(-c3sc(Nc4ccc(N(C)C)cc4)nc3N)n2)cc1Cl. The zero-order valence-corrected chi connectivity index (χ0v) is 18.9. The van der Waals surface area contributed by atoms with E-state index >= 15 is 0 Å². The summed E-state index contributed by atoms with van der Waals surface area (Å²) >= 11 is 8.98. The fourth-order valence-corrected chi connectivity index (χ4v) is 4.85. The van der Waals surface area contributed by atoms with Crippen LogP contribution in [0.1, 0.15) is 5.56 Å². The number of nitrogens with zero attached hydrogens (tertiary/aromatic N) is 3. The second-order valence-electron chi connectivity index (χ2n) is 6.90. The minimum Gasteiger partial charge on any atom is -0.382 e. The molecule has 30 heavy (non-hydrogen) atoms. The van der Waals surface area contributed by atoms with Crippen molar-refractivity contribution in [2.24, 2.45) is 0 Å². The molecule has 0 spiro atoms. The summed E-state index contributed by atoms with van der Waals surface area (Å²) in [6.07, 6.45) is 0. The Labute approximate surface area is 187 Å². The Balaban J connectivity index is 1.58. The topological polar surface area (TPSA) is 67.1 Å². The number of aromatic nitrogens is 2. The highest BCUT2D eigenvalue weighted by Gasteiger charge is 2.16. The highest BCUT2D eigenvalue weighted by Crippen LogP contribution is 2.39. The van der Waals surface area contributed by atoms with Gasteiger partial charge < -0.3 is 16.0 Å². The third-order valence-electron chi connectivity index (χ3n) is 4.56. The van der Waals surface area contributed by atoms with Gasteiger partial charge in [-0.25, -0.2) is 14.4 Å². The summed E-state index contributed by atoms with van der Waals surface area (Å²) < 4.78 is 14.1. The molecule has 0 atom stereocenters. The van der Waals surface area contributed by atoms with Crippen LogP contribution < -0.4 is 16.0 Å². The summed E-state index contributed by atoms with van der Waals surface area (Å²) in [6.45, 7) is 1.65. The highest BCUT2D eigenvalue weighted by molar-refractivity contribution is 7.23. The molecule has 5 nitrogen and oxygen atoms in total. The normalized spacial score (nSPS) is 11.0. The summed E-state index contributed by atoms with van der Waals surface area (Å²) in [4.78, 5) is 11.9. The third kappa shape index (κ3) is 4.12. The number of hydrogen-bond donors (Lipinski definition) is 2. The Bertz CT molecular complexity index is 1180. The molecule has 0 fully saturated rings. The van der Waals surface area contributed by atoms with E-state index in [0.717, 1.165) is 21.3 Å². The summed E-state index contributed by atoms with van der Waals surface area (Å²) in [5, 5.41) is 6.93. The molecule has 0 aliphatic heterocycles. The average Bonchev–Trinajstić information content (AvgIpc) is 3.33. The molecule has 4 aromatic rings. The van der Waals surface area contributed by atoms with Crippen molar-refractivity contribution in [3.8, 4) is 21.1 Å². The molecule has 0 unspecified atom stereocenters. The van der Waals surface area contributed by atoms with E-state index in [-0.39, 0.29) is 5.82 Å². The largest absolute Gasteiger partial charge is 0.382 e. The van der Waals surface area contributed by atoms with Gasteiger partial charge in [0.05, 0.1) is 5.69 Å². The quantitative estimate of drug-likeness (QED) is 0.360. The van der Waals surface area contributed by atoms with Gasteiger partial charge in [0, 0.05) is 47.0 Å². The molecule has 0 aliphatic rings. The van der Waals surface area contributed by atoms with Crippen LogP contribution in [0.5, 0.6) is 0 Å². The van der Waals surface area contributed by atoms with Gasteiger partial charge in [-0.2, -0.15) is 0 Å². The predicted octanol–water partition coefficient (Wildman–Crippen LogP) is 6.43. The fourth-order valence-electron chi connectivity index (χ4n) is 2.81. The van der Waals surface area contributed by atoms with Gasteiger partial charge in [-0.05, 0) is 43.3 Å². The maximum atomic E-state index is 14.1. The van der Waals surface area contributed by atoms with E-state index in [1.165, 1.54) is 28.7 Å². The second-order valence-corrected chi connectivity index (χ2v) is 9.17. The third-order valence-corrected chi connectivity index (χ3v) is 6.94. The zero-order valence-electron chi connectivity index (χ0n) is 16.5. The van der Waals surface area contributed by atoms with Crippen LogP contribution >= 0.6 is 34.3 Å². The van der Waals surface area contributed by atoms with Crippen molar-refractivity contribution < 1.29 is 4.39 Å². The van der Waals surface area contributed by atoms with Crippen LogP contribution in [0.4, 0.5) is 26.7 Å². The monoisotopic (exact) mass is 459 g/mol. The van der Waals surface area contributed by atoms with Crippen LogP contribution in [-0.2, 0) is 0 Å². The number of nitrogens with two attached hydrogens (primary N) is 1. The lowest BCUT2D eigenvalue weighted by Gasteiger charge is -2.12. The number of nitrogen functional groups attached to an aromatic ring is 1. The number of hydrogen-bond acceptors (Lipinski definition) is 7. The van der Waals surface area contributed by atoms with Crippen molar-refractivity contribution in [1.29, 1.82) is 0 Å². The van der Waals surface area contributed by atoms with E-state index in [0.29, 0.717) is 32.8 Å². The number of anilines is 4. The molecule has 9 heteroatoms. The van der Waals surface area contributed by atoms with Gasteiger partial charge in [-0.15, -0.1) is 11.3 Å². The average molecular weight is 460 g/mol. The minimum absolute atomic E-state index is 0.351. The lowest BCUT2D eigenvalue weighted by Crippen LogP contribution is -2.08. The Morgan fingerprint density at radius 2 is 1.87 bits per heavy atom. The molecule has 0 bridgehead atoms. The zero-order chi connectivity index (χ0) is 21.4. The van der Waals surface area contributed by atoms with Gasteiger partial charge in [0.2, 0.25) is 0 Å². The van der Waals surface area contributed by atoms with Crippen molar-refractivity contribution in [3.63, 3.8) is 0 Å². The number of benzene rings is 2. The lowest BCUT2D eigenvalue weighted by atomic mass is 10.1.